The van der Waals surface area contributed by atoms with Gasteiger partial charge in [-0.15, -0.1) is 0 Å². The number of hydrogen-bond donors (Lipinski definition) is 1. The summed E-state index contributed by atoms with van der Waals surface area (Å²) in [6.07, 6.45) is 5.42. The van der Waals surface area contributed by atoms with E-state index >= 15 is 0 Å². The molecule has 15 heavy (non-hydrogen) atoms. The van der Waals surface area contributed by atoms with Crippen molar-refractivity contribution in [3.63, 3.8) is 0 Å². The fourth-order valence-electron chi connectivity index (χ4n) is 2.37. The standard InChI is InChI=1S/C10H20N2O2S/c13-15(14)8-4-3-7-12(15)9-10-5-1-2-6-11-10/h10-11H,1-9H2. The van der Waals surface area contributed by atoms with Gasteiger partial charge in [-0.1, -0.05) is 6.42 Å². The topological polar surface area (TPSA) is 49.4 Å². The Morgan fingerprint density at radius 3 is 2.73 bits per heavy atom. The van der Waals surface area contributed by atoms with Crippen LogP contribution in [0, 0.1) is 0 Å². The summed E-state index contributed by atoms with van der Waals surface area (Å²) in [4.78, 5) is 0. The highest BCUT2D eigenvalue weighted by Crippen LogP contribution is 2.16. The summed E-state index contributed by atoms with van der Waals surface area (Å²) >= 11 is 0. The lowest BCUT2D eigenvalue weighted by Gasteiger charge is -2.32. The van der Waals surface area contributed by atoms with Gasteiger partial charge in [-0.3, -0.25) is 0 Å². The Morgan fingerprint density at radius 1 is 1.20 bits per heavy atom. The van der Waals surface area contributed by atoms with Gasteiger partial charge in [-0.2, -0.15) is 0 Å². The van der Waals surface area contributed by atoms with Gasteiger partial charge in [0.25, 0.3) is 0 Å². The molecule has 0 radical (unpaired) electrons. The minimum absolute atomic E-state index is 0.347. The summed E-state index contributed by atoms with van der Waals surface area (Å²) in [6.45, 7) is 2.45. The maximum atomic E-state index is 11.8. The van der Waals surface area contributed by atoms with Crippen LogP contribution in [-0.2, 0) is 10.0 Å². The van der Waals surface area contributed by atoms with Crippen molar-refractivity contribution in [2.24, 2.45) is 0 Å². The fourth-order valence-corrected chi connectivity index (χ4v) is 4.01. The molecule has 5 heteroatoms. The quantitative estimate of drug-likeness (QED) is 0.756. The van der Waals surface area contributed by atoms with Crippen molar-refractivity contribution in [3.8, 4) is 0 Å². The van der Waals surface area contributed by atoms with E-state index in [1.807, 2.05) is 0 Å². The summed E-state index contributed by atoms with van der Waals surface area (Å²) in [6, 6.07) is 0.381. The number of piperidine rings is 1. The molecule has 2 aliphatic rings. The van der Waals surface area contributed by atoms with Crippen LogP contribution in [0.5, 0.6) is 0 Å². The molecule has 1 unspecified atom stereocenters. The van der Waals surface area contributed by atoms with Crippen molar-refractivity contribution in [1.29, 1.82) is 0 Å². The number of sulfonamides is 1. The van der Waals surface area contributed by atoms with Gasteiger partial charge < -0.3 is 5.32 Å². The summed E-state index contributed by atoms with van der Waals surface area (Å²) in [5.74, 6) is 0.347. The molecule has 1 atom stereocenters. The zero-order valence-electron chi connectivity index (χ0n) is 9.11. The van der Waals surface area contributed by atoms with Gasteiger partial charge in [0.15, 0.2) is 0 Å². The van der Waals surface area contributed by atoms with Crippen molar-refractivity contribution in [3.05, 3.63) is 0 Å². The monoisotopic (exact) mass is 232 g/mol. The zero-order chi connectivity index (χ0) is 10.7. The summed E-state index contributed by atoms with van der Waals surface area (Å²) in [5, 5.41) is 3.40. The number of nitrogens with one attached hydrogen (secondary N) is 1. The molecular weight excluding hydrogens is 212 g/mol. The maximum Gasteiger partial charge on any atom is 0.214 e. The van der Waals surface area contributed by atoms with Gasteiger partial charge in [0.2, 0.25) is 10.0 Å². The number of nitrogens with zero attached hydrogens (tertiary/aromatic N) is 1. The van der Waals surface area contributed by atoms with Crippen LogP contribution >= 0.6 is 0 Å². The van der Waals surface area contributed by atoms with Crippen molar-refractivity contribution in [1.82, 2.24) is 9.62 Å². The van der Waals surface area contributed by atoms with E-state index in [4.69, 9.17) is 0 Å². The zero-order valence-corrected chi connectivity index (χ0v) is 9.93. The number of rotatable bonds is 2. The number of hydrogen-bond acceptors (Lipinski definition) is 3. The first-order valence-corrected chi connectivity index (χ1v) is 7.50. The predicted octanol–water partition coefficient (Wildman–Crippen LogP) is 0.554. The minimum Gasteiger partial charge on any atom is -0.313 e. The van der Waals surface area contributed by atoms with E-state index in [9.17, 15) is 8.42 Å². The lowest BCUT2D eigenvalue weighted by Crippen LogP contribution is -2.48. The Hall–Kier alpha value is -0.130. The molecule has 2 saturated heterocycles. The normalized spacial score (nSPS) is 32.7. The molecule has 0 aromatic rings. The first kappa shape index (κ1) is 11.4. The second-order valence-electron chi connectivity index (χ2n) is 4.53. The molecule has 2 aliphatic heterocycles. The van der Waals surface area contributed by atoms with Gasteiger partial charge in [-0.05, 0) is 32.2 Å². The maximum absolute atomic E-state index is 11.8. The first-order chi connectivity index (χ1) is 7.18. The van der Waals surface area contributed by atoms with Gasteiger partial charge in [0.05, 0.1) is 5.75 Å². The van der Waals surface area contributed by atoms with Gasteiger partial charge in [-0.25, -0.2) is 12.7 Å². The molecular formula is C10H20N2O2S. The highest BCUT2D eigenvalue weighted by molar-refractivity contribution is 7.89. The fraction of sp³-hybridized carbons (Fsp3) is 1.00. The Labute approximate surface area is 92.1 Å². The van der Waals surface area contributed by atoms with E-state index in [1.165, 1.54) is 12.8 Å². The van der Waals surface area contributed by atoms with Crippen LogP contribution in [-0.4, -0.2) is 44.2 Å². The lowest BCUT2D eigenvalue weighted by atomic mass is 10.1. The second kappa shape index (κ2) is 4.80. The van der Waals surface area contributed by atoms with E-state index < -0.39 is 10.0 Å². The van der Waals surface area contributed by atoms with E-state index in [2.05, 4.69) is 5.32 Å². The van der Waals surface area contributed by atoms with E-state index in [-0.39, 0.29) is 0 Å². The predicted molar refractivity (Wildman–Crippen MR) is 60.2 cm³/mol. The Bertz CT molecular complexity index is 297. The Balaban J connectivity index is 1.91. The third-order valence-corrected chi connectivity index (χ3v) is 5.21. The summed E-state index contributed by atoms with van der Waals surface area (Å²) < 4.78 is 25.2. The van der Waals surface area contributed by atoms with Crippen LogP contribution in [0.2, 0.25) is 0 Å². The van der Waals surface area contributed by atoms with E-state index in [0.29, 0.717) is 18.3 Å². The summed E-state index contributed by atoms with van der Waals surface area (Å²) in [7, 11) is -2.93. The summed E-state index contributed by atoms with van der Waals surface area (Å²) in [5.41, 5.74) is 0. The van der Waals surface area contributed by atoms with Crippen LogP contribution in [0.15, 0.2) is 0 Å². The molecule has 88 valence electrons. The molecule has 0 aliphatic carbocycles. The molecule has 0 bridgehead atoms. The lowest BCUT2D eigenvalue weighted by molar-refractivity contribution is 0.302. The third-order valence-electron chi connectivity index (χ3n) is 3.29. The van der Waals surface area contributed by atoms with Crippen LogP contribution < -0.4 is 5.32 Å². The molecule has 0 spiro atoms. The molecule has 0 aromatic carbocycles. The first-order valence-electron chi connectivity index (χ1n) is 5.90. The highest BCUT2D eigenvalue weighted by atomic mass is 32.2. The average Bonchev–Trinajstić information content (AvgIpc) is 2.23. The van der Waals surface area contributed by atoms with Crippen LogP contribution in [0.3, 0.4) is 0 Å². The molecule has 2 rings (SSSR count). The Kier molecular flexibility index (Phi) is 3.64. The van der Waals surface area contributed by atoms with Gasteiger partial charge >= 0.3 is 0 Å². The van der Waals surface area contributed by atoms with Crippen molar-refractivity contribution in [2.45, 2.75) is 38.1 Å². The molecule has 2 fully saturated rings. The molecule has 4 nitrogen and oxygen atoms in total. The Morgan fingerprint density at radius 2 is 2.07 bits per heavy atom. The second-order valence-corrected chi connectivity index (χ2v) is 6.62. The molecule has 2 heterocycles. The van der Waals surface area contributed by atoms with E-state index in [0.717, 1.165) is 32.4 Å². The van der Waals surface area contributed by atoms with Crippen LogP contribution in [0.25, 0.3) is 0 Å². The largest absolute Gasteiger partial charge is 0.313 e. The average molecular weight is 232 g/mol. The van der Waals surface area contributed by atoms with E-state index in [1.54, 1.807) is 4.31 Å². The molecule has 0 amide bonds. The SMILES string of the molecule is O=S1(=O)CCCCN1CC1CCCCN1. The van der Waals surface area contributed by atoms with Crippen LogP contribution in [0.4, 0.5) is 0 Å². The van der Waals surface area contributed by atoms with Gasteiger partial charge in [0.1, 0.15) is 0 Å². The molecule has 0 saturated carbocycles. The minimum atomic E-state index is -2.93. The molecule has 0 aromatic heterocycles. The molecule has 1 N–H and O–H groups in total. The van der Waals surface area contributed by atoms with Crippen molar-refractivity contribution >= 4 is 10.0 Å². The van der Waals surface area contributed by atoms with Crippen molar-refractivity contribution < 1.29 is 8.42 Å². The van der Waals surface area contributed by atoms with Gasteiger partial charge in [0, 0.05) is 19.1 Å². The highest BCUT2D eigenvalue weighted by Gasteiger charge is 2.28. The van der Waals surface area contributed by atoms with Crippen molar-refractivity contribution in [2.75, 3.05) is 25.4 Å². The van der Waals surface area contributed by atoms with Crippen LogP contribution in [0.1, 0.15) is 32.1 Å². The third kappa shape index (κ3) is 2.92. The smallest absolute Gasteiger partial charge is 0.214 e.